The van der Waals surface area contributed by atoms with Crippen LogP contribution in [0, 0.1) is 0 Å². The fraction of sp³-hybridized carbons (Fsp3) is 0.308. The second-order valence-corrected chi connectivity index (χ2v) is 11.3. The molecule has 0 saturated carbocycles. The lowest BCUT2D eigenvalue weighted by molar-refractivity contribution is -0.137. The highest BCUT2D eigenvalue weighted by atomic mass is 32.2. The lowest BCUT2D eigenvalue weighted by atomic mass is 10.1. The monoisotopic (exact) mass is 574 g/mol. The molecule has 0 spiro atoms. The quantitative estimate of drug-likeness (QED) is 0.354. The van der Waals surface area contributed by atoms with Crippen LogP contribution in [0.25, 0.3) is 22.2 Å². The van der Waals surface area contributed by atoms with Crippen molar-refractivity contribution in [1.29, 1.82) is 0 Å². The van der Waals surface area contributed by atoms with Crippen LogP contribution in [0.4, 0.5) is 19.1 Å². The number of hydrogen-bond donors (Lipinski definition) is 1. The number of pyridine rings is 1. The molecule has 1 atom stereocenters. The number of carbonyl (C=O) groups excluding carboxylic acids is 1. The molecule has 1 aliphatic heterocycles. The molecule has 1 aliphatic rings. The first kappa shape index (κ1) is 27.5. The minimum Gasteiger partial charge on any atom is -0.443 e. The third-order valence-corrected chi connectivity index (χ3v) is 8.25. The van der Waals surface area contributed by atoms with E-state index in [4.69, 9.17) is 4.42 Å². The van der Waals surface area contributed by atoms with Crippen LogP contribution in [0.3, 0.4) is 0 Å². The zero-order valence-electron chi connectivity index (χ0n) is 21.5. The number of hydrogen-bond acceptors (Lipinski definition) is 8. The smallest absolute Gasteiger partial charge is 0.416 e. The molecule has 1 aromatic carbocycles. The average molecular weight is 575 g/mol. The van der Waals surface area contributed by atoms with Gasteiger partial charge in [0.2, 0.25) is 16.9 Å². The molecule has 1 saturated heterocycles. The zero-order valence-corrected chi connectivity index (χ0v) is 22.3. The number of nitrogens with zero attached hydrogens (tertiary/aromatic N) is 5. The van der Waals surface area contributed by atoms with Crippen molar-refractivity contribution < 1.29 is 30.8 Å². The summed E-state index contributed by atoms with van der Waals surface area (Å²) in [6, 6.07) is 8.17. The number of benzene rings is 1. The van der Waals surface area contributed by atoms with Gasteiger partial charge in [0.15, 0.2) is 0 Å². The molecule has 1 amide bonds. The van der Waals surface area contributed by atoms with Crippen LogP contribution in [0.1, 0.15) is 24.1 Å². The van der Waals surface area contributed by atoms with Crippen molar-refractivity contribution in [2.24, 2.45) is 0 Å². The molecule has 0 bridgehead atoms. The topological polar surface area (TPSA) is 122 Å². The third kappa shape index (κ3) is 5.49. The molecule has 4 heterocycles. The van der Waals surface area contributed by atoms with Gasteiger partial charge in [-0.1, -0.05) is 12.1 Å². The summed E-state index contributed by atoms with van der Waals surface area (Å²) in [6.45, 7) is 0.114. The van der Waals surface area contributed by atoms with Gasteiger partial charge in [0.25, 0.3) is 10.0 Å². The minimum atomic E-state index is -4.46. The van der Waals surface area contributed by atoms with Gasteiger partial charge in [-0.25, -0.2) is 18.4 Å². The average Bonchev–Trinajstić information content (AvgIpc) is 3.60. The number of fused-ring (bicyclic) bond motifs is 1. The fourth-order valence-corrected chi connectivity index (χ4v) is 6.05. The molecule has 0 radical (unpaired) electrons. The molecular weight excluding hydrogens is 549 g/mol. The molecule has 4 aromatic rings. The van der Waals surface area contributed by atoms with Crippen LogP contribution in [0.2, 0.25) is 0 Å². The first-order valence-corrected chi connectivity index (χ1v) is 13.7. The highest BCUT2D eigenvalue weighted by Gasteiger charge is 2.41. The zero-order chi connectivity index (χ0) is 28.7. The van der Waals surface area contributed by atoms with Crippen molar-refractivity contribution >= 4 is 32.8 Å². The van der Waals surface area contributed by atoms with Gasteiger partial charge in [-0.2, -0.15) is 17.5 Å². The summed E-state index contributed by atoms with van der Waals surface area (Å²) < 4.78 is 72.3. The third-order valence-electron chi connectivity index (χ3n) is 6.48. The standard InChI is InChI=1S/C26H25F3N6O4S/c1-34(2)25-32-19(13-20(33-25)16-5-7-18(8-6-16)26(27,28)29)15-31-24(36)21-4-3-11-35(21)40(37,38)23-12-17-14-30-10-9-22(17)39-23/h5-10,12-14,21H,3-4,11,15H2,1-2H3,(H,31,36)/t21-/m0/s1. The van der Waals surface area contributed by atoms with Crippen molar-refractivity contribution in [3.05, 3.63) is 66.1 Å². The van der Waals surface area contributed by atoms with Crippen molar-refractivity contribution in [2.75, 3.05) is 25.5 Å². The lowest BCUT2D eigenvalue weighted by Crippen LogP contribution is -2.45. The highest BCUT2D eigenvalue weighted by molar-refractivity contribution is 7.89. The van der Waals surface area contributed by atoms with E-state index in [9.17, 15) is 26.4 Å². The van der Waals surface area contributed by atoms with E-state index in [1.54, 1.807) is 31.1 Å². The van der Waals surface area contributed by atoms with Gasteiger partial charge in [0.05, 0.1) is 23.5 Å². The molecule has 40 heavy (non-hydrogen) atoms. The van der Waals surface area contributed by atoms with E-state index in [-0.39, 0.29) is 18.2 Å². The van der Waals surface area contributed by atoms with Crippen molar-refractivity contribution in [3.8, 4) is 11.3 Å². The van der Waals surface area contributed by atoms with Crippen LogP contribution in [-0.2, 0) is 27.5 Å². The number of rotatable bonds is 7. The summed E-state index contributed by atoms with van der Waals surface area (Å²) in [7, 11) is -0.663. The Hall–Kier alpha value is -4.04. The molecule has 0 unspecified atom stereocenters. The van der Waals surface area contributed by atoms with Crippen LogP contribution >= 0.6 is 0 Å². The number of sulfonamides is 1. The number of nitrogens with one attached hydrogen (secondary N) is 1. The minimum absolute atomic E-state index is 0.0451. The number of halogens is 3. The Morgan fingerprint density at radius 1 is 1.15 bits per heavy atom. The Balaban J connectivity index is 1.34. The molecule has 5 rings (SSSR count). The summed E-state index contributed by atoms with van der Waals surface area (Å²) in [5.74, 6) is -0.203. The molecule has 0 aliphatic carbocycles. The Morgan fingerprint density at radius 2 is 1.90 bits per heavy atom. The van der Waals surface area contributed by atoms with Gasteiger partial charge in [0.1, 0.15) is 11.6 Å². The molecule has 3 aromatic heterocycles. The van der Waals surface area contributed by atoms with E-state index < -0.39 is 33.7 Å². The van der Waals surface area contributed by atoms with Crippen molar-refractivity contribution in [2.45, 2.75) is 36.7 Å². The summed E-state index contributed by atoms with van der Waals surface area (Å²) >= 11 is 0. The van der Waals surface area contributed by atoms with Crippen LogP contribution < -0.4 is 10.2 Å². The summed E-state index contributed by atoms with van der Waals surface area (Å²) in [5.41, 5.74) is 0.819. The SMILES string of the molecule is CN(C)c1nc(CNC(=O)[C@@H]2CCCN2S(=O)(=O)c2cc3cnccc3o2)cc(-c2ccc(C(F)(F)F)cc2)n1. The van der Waals surface area contributed by atoms with Crippen molar-refractivity contribution in [3.63, 3.8) is 0 Å². The van der Waals surface area contributed by atoms with E-state index >= 15 is 0 Å². The second-order valence-electron chi connectivity index (χ2n) is 9.48. The maximum Gasteiger partial charge on any atom is 0.416 e. The Bertz CT molecular complexity index is 1620. The van der Waals surface area contributed by atoms with Gasteiger partial charge in [-0.05, 0) is 37.1 Å². The molecule has 1 fully saturated rings. The predicted molar refractivity (Wildman–Crippen MR) is 140 cm³/mol. The van der Waals surface area contributed by atoms with Gasteiger partial charge < -0.3 is 14.6 Å². The fourth-order valence-electron chi connectivity index (χ4n) is 4.44. The van der Waals surface area contributed by atoms with Crippen LogP contribution in [0.5, 0.6) is 0 Å². The lowest BCUT2D eigenvalue weighted by Gasteiger charge is -2.22. The van der Waals surface area contributed by atoms with Gasteiger partial charge in [-0.3, -0.25) is 9.78 Å². The normalized spacial score (nSPS) is 16.4. The van der Waals surface area contributed by atoms with E-state index in [1.807, 2.05) is 0 Å². The molecule has 10 nitrogen and oxygen atoms in total. The maximum atomic E-state index is 13.3. The van der Waals surface area contributed by atoms with Crippen LogP contribution in [0.15, 0.2) is 64.4 Å². The largest absolute Gasteiger partial charge is 0.443 e. The van der Waals surface area contributed by atoms with Gasteiger partial charge >= 0.3 is 6.18 Å². The van der Waals surface area contributed by atoms with E-state index in [0.29, 0.717) is 46.7 Å². The second kappa shape index (κ2) is 10.5. The van der Waals surface area contributed by atoms with E-state index in [1.165, 1.54) is 30.6 Å². The van der Waals surface area contributed by atoms with Crippen LogP contribution in [-0.4, -0.2) is 60.3 Å². The first-order chi connectivity index (χ1) is 18.9. The Kier molecular flexibility index (Phi) is 7.23. The molecule has 210 valence electrons. The van der Waals surface area contributed by atoms with Gasteiger partial charge in [-0.15, -0.1) is 0 Å². The number of anilines is 1. The Labute approximate surface area is 227 Å². The maximum absolute atomic E-state index is 13.3. The summed E-state index contributed by atoms with van der Waals surface area (Å²) in [5, 5.41) is 3.02. The number of carbonyl (C=O) groups is 1. The number of aromatic nitrogens is 3. The number of furan rings is 1. The molecule has 1 N–H and O–H groups in total. The first-order valence-electron chi connectivity index (χ1n) is 12.3. The summed E-state index contributed by atoms with van der Waals surface area (Å²) in [6.07, 6.45) is -0.648. The molecular formula is C26H25F3N6O4S. The van der Waals surface area contributed by atoms with Crippen molar-refractivity contribution in [1.82, 2.24) is 24.6 Å². The van der Waals surface area contributed by atoms with E-state index in [2.05, 4.69) is 20.3 Å². The highest BCUT2D eigenvalue weighted by Crippen LogP contribution is 2.32. The number of amides is 1. The predicted octanol–water partition coefficient (Wildman–Crippen LogP) is 3.84. The van der Waals surface area contributed by atoms with Gasteiger partial charge in [0, 0.05) is 50.0 Å². The van der Waals surface area contributed by atoms with E-state index in [0.717, 1.165) is 16.4 Å². The Morgan fingerprint density at radius 3 is 2.58 bits per heavy atom. The molecule has 14 heteroatoms. The summed E-state index contributed by atoms with van der Waals surface area (Å²) in [4.78, 5) is 27.6. The number of alkyl halides is 3.